The number of nitrogens with one attached hydrogen (secondary N) is 1. The summed E-state index contributed by atoms with van der Waals surface area (Å²) in [5.74, 6) is 0.863. The van der Waals surface area contributed by atoms with Gasteiger partial charge in [-0.2, -0.15) is 0 Å². The number of amides is 1. The Hall–Kier alpha value is -1.22. The van der Waals surface area contributed by atoms with Crippen LogP contribution in [0.4, 0.5) is 0 Å². The first kappa shape index (κ1) is 12.8. The van der Waals surface area contributed by atoms with Gasteiger partial charge in [0.15, 0.2) is 0 Å². The molecule has 0 aliphatic carbocycles. The van der Waals surface area contributed by atoms with Crippen LogP contribution in [0.5, 0.6) is 0 Å². The van der Waals surface area contributed by atoms with Crippen LogP contribution in [-0.4, -0.2) is 11.9 Å². The normalized spacial score (nSPS) is 10.9. The molecular formula is C13H17NOS. The third-order valence-electron chi connectivity index (χ3n) is 1.84. The van der Waals surface area contributed by atoms with Gasteiger partial charge in [0.05, 0.1) is 0 Å². The predicted octanol–water partition coefficient (Wildman–Crippen LogP) is 2.96. The molecule has 86 valence electrons. The van der Waals surface area contributed by atoms with Crippen molar-refractivity contribution in [1.29, 1.82) is 0 Å². The molecule has 0 aromatic heterocycles. The Labute approximate surface area is 101 Å². The highest BCUT2D eigenvalue weighted by molar-refractivity contribution is 8.01. The maximum absolute atomic E-state index is 11.3. The molecule has 0 radical (unpaired) electrons. The average Bonchev–Trinajstić information content (AvgIpc) is 2.25. The van der Waals surface area contributed by atoms with Crippen molar-refractivity contribution in [2.24, 2.45) is 0 Å². The second-order valence-corrected chi connectivity index (χ2v) is 4.66. The number of carbonyl (C=O) groups is 1. The van der Waals surface area contributed by atoms with E-state index in [1.54, 1.807) is 17.8 Å². The Morgan fingerprint density at radius 1 is 1.38 bits per heavy atom. The highest BCUT2D eigenvalue weighted by Gasteiger charge is 1.96. The molecule has 0 saturated carbocycles. The second-order valence-electron chi connectivity index (χ2n) is 3.76. The van der Waals surface area contributed by atoms with E-state index in [4.69, 9.17) is 0 Å². The molecule has 0 aliphatic heterocycles. The second kappa shape index (κ2) is 7.12. The molecule has 1 rings (SSSR count). The Kier molecular flexibility index (Phi) is 5.72. The highest BCUT2D eigenvalue weighted by Crippen LogP contribution is 2.12. The van der Waals surface area contributed by atoms with E-state index in [2.05, 4.69) is 17.4 Å². The molecular weight excluding hydrogens is 218 g/mol. The molecule has 1 aromatic carbocycles. The van der Waals surface area contributed by atoms with Crippen molar-refractivity contribution in [2.75, 3.05) is 0 Å². The van der Waals surface area contributed by atoms with Crippen molar-refractivity contribution in [3.63, 3.8) is 0 Å². The molecule has 0 unspecified atom stereocenters. The van der Waals surface area contributed by atoms with Gasteiger partial charge in [-0.1, -0.05) is 30.3 Å². The molecule has 3 heteroatoms. The lowest BCUT2D eigenvalue weighted by Crippen LogP contribution is -2.28. The van der Waals surface area contributed by atoms with Gasteiger partial charge in [0.2, 0.25) is 5.91 Å². The fraction of sp³-hybridized carbons (Fsp3) is 0.308. The lowest BCUT2D eigenvalue weighted by molar-refractivity contribution is -0.116. The van der Waals surface area contributed by atoms with E-state index >= 15 is 0 Å². The Bertz CT molecular complexity index is 346. The monoisotopic (exact) mass is 235 g/mol. The summed E-state index contributed by atoms with van der Waals surface area (Å²) in [4.78, 5) is 11.3. The van der Waals surface area contributed by atoms with Gasteiger partial charge < -0.3 is 5.32 Å². The van der Waals surface area contributed by atoms with E-state index in [-0.39, 0.29) is 11.9 Å². The molecule has 0 heterocycles. The van der Waals surface area contributed by atoms with Crippen LogP contribution in [0.25, 0.3) is 0 Å². The fourth-order valence-corrected chi connectivity index (χ4v) is 1.86. The summed E-state index contributed by atoms with van der Waals surface area (Å²) in [6, 6.07) is 10.4. The van der Waals surface area contributed by atoms with Crippen molar-refractivity contribution in [2.45, 2.75) is 25.6 Å². The Balaban J connectivity index is 2.25. The molecule has 0 fully saturated rings. The van der Waals surface area contributed by atoms with Gasteiger partial charge in [-0.3, -0.25) is 4.79 Å². The van der Waals surface area contributed by atoms with Gasteiger partial charge >= 0.3 is 0 Å². The number of benzene rings is 1. The molecule has 0 bridgehead atoms. The quantitative estimate of drug-likeness (QED) is 0.795. The number of rotatable bonds is 5. The number of hydrogen-bond donors (Lipinski definition) is 1. The van der Waals surface area contributed by atoms with Crippen molar-refractivity contribution in [1.82, 2.24) is 5.32 Å². The maximum Gasteiger partial charge on any atom is 0.244 e. The van der Waals surface area contributed by atoms with Crippen LogP contribution in [0, 0.1) is 0 Å². The first-order valence-corrected chi connectivity index (χ1v) is 6.36. The molecule has 0 atom stereocenters. The zero-order chi connectivity index (χ0) is 11.8. The first-order valence-electron chi connectivity index (χ1n) is 5.31. The minimum atomic E-state index is -0.0319. The predicted molar refractivity (Wildman–Crippen MR) is 70.2 cm³/mol. The summed E-state index contributed by atoms with van der Waals surface area (Å²) in [6.45, 7) is 3.89. The van der Waals surface area contributed by atoms with E-state index in [0.717, 1.165) is 5.75 Å². The summed E-state index contributed by atoms with van der Waals surface area (Å²) in [6.07, 6.45) is 1.58. The maximum atomic E-state index is 11.3. The summed E-state index contributed by atoms with van der Waals surface area (Å²) in [5.41, 5.74) is 1.27. The lowest BCUT2D eigenvalue weighted by Gasteiger charge is -2.03. The fourth-order valence-electron chi connectivity index (χ4n) is 1.16. The molecule has 0 aliphatic rings. The molecule has 2 nitrogen and oxygen atoms in total. The van der Waals surface area contributed by atoms with Crippen LogP contribution >= 0.6 is 11.8 Å². The first-order chi connectivity index (χ1) is 7.68. The van der Waals surface area contributed by atoms with Gasteiger partial charge in [-0.05, 0) is 24.8 Å². The topological polar surface area (TPSA) is 29.1 Å². The zero-order valence-corrected chi connectivity index (χ0v) is 10.5. The van der Waals surface area contributed by atoms with Gasteiger partial charge in [-0.15, -0.1) is 11.8 Å². The third kappa shape index (κ3) is 5.61. The van der Waals surface area contributed by atoms with Crippen molar-refractivity contribution < 1.29 is 4.79 Å². The van der Waals surface area contributed by atoms with E-state index in [1.165, 1.54) is 5.56 Å². The van der Waals surface area contributed by atoms with E-state index in [0.29, 0.717) is 0 Å². The summed E-state index contributed by atoms with van der Waals surface area (Å²) in [5, 5.41) is 4.64. The number of hydrogen-bond acceptors (Lipinski definition) is 2. The Morgan fingerprint density at radius 2 is 2.06 bits per heavy atom. The molecule has 0 saturated heterocycles. The van der Waals surface area contributed by atoms with Crippen molar-refractivity contribution >= 4 is 17.7 Å². The summed E-state index contributed by atoms with van der Waals surface area (Å²) < 4.78 is 0. The highest BCUT2D eigenvalue weighted by atomic mass is 32.2. The number of thioether (sulfide) groups is 1. The zero-order valence-electron chi connectivity index (χ0n) is 9.64. The summed E-state index contributed by atoms with van der Waals surface area (Å²) >= 11 is 1.62. The Morgan fingerprint density at radius 3 is 2.69 bits per heavy atom. The smallest absolute Gasteiger partial charge is 0.244 e. The molecule has 16 heavy (non-hydrogen) atoms. The summed E-state index contributed by atoms with van der Waals surface area (Å²) in [7, 11) is 0. The van der Waals surface area contributed by atoms with Gasteiger partial charge in [0.25, 0.3) is 0 Å². The van der Waals surface area contributed by atoms with Crippen LogP contribution in [0.2, 0.25) is 0 Å². The molecule has 1 N–H and O–H groups in total. The average molecular weight is 235 g/mol. The largest absolute Gasteiger partial charge is 0.350 e. The van der Waals surface area contributed by atoms with Gasteiger partial charge in [0, 0.05) is 17.9 Å². The standard InChI is InChI=1S/C13H17NOS/c1-11(2)14-13(15)8-9-16-10-12-6-4-3-5-7-12/h3-9,11H,10H2,1-2H3,(H,14,15)/b9-8-. The molecule has 1 aromatic rings. The SMILES string of the molecule is CC(C)NC(=O)/C=C\SCc1ccccc1. The van der Waals surface area contributed by atoms with Crippen LogP contribution in [0.1, 0.15) is 19.4 Å². The van der Waals surface area contributed by atoms with E-state index in [9.17, 15) is 4.79 Å². The minimum Gasteiger partial charge on any atom is -0.350 e. The van der Waals surface area contributed by atoms with Crippen LogP contribution < -0.4 is 5.32 Å². The van der Waals surface area contributed by atoms with Crippen LogP contribution in [0.3, 0.4) is 0 Å². The minimum absolute atomic E-state index is 0.0319. The third-order valence-corrected chi connectivity index (χ3v) is 2.67. The van der Waals surface area contributed by atoms with E-state index < -0.39 is 0 Å². The van der Waals surface area contributed by atoms with Gasteiger partial charge in [-0.25, -0.2) is 0 Å². The van der Waals surface area contributed by atoms with Gasteiger partial charge in [0.1, 0.15) is 0 Å². The molecule has 0 spiro atoms. The van der Waals surface area contributed by atoms with E-state index in [1.807, 2.05) is 37.5 Å². The van der Waals surface area contributed by atoms with Crippen LogP contribution in [-0.2, 0) is 10.5 Å². The van der Waals surface area contributed by atoms with Crippen molar-refractivity contribution in [3.8, 4) is 0 Å². The number of carbonyl (C=O) groups excluding carboxylic acids is 1. The van der Waals surface area contributed by atoms with Crippen molar-refractivity contribution in [3.05, 3.63) is 47.4 Å². The lowest BCUT2D eigenvalue weighted by atomic mass is 10.2. The molecule has 1 amide bonds. The van der Waals surface area contributed by atoms with Crippen LogP contribution in [0.15, 0.2) is 41.8 Å².